The number of ether oxygens (including phenoxy) is 1. The molecule has 0 aliphatic rings. The quantitative estimate of drug-likeness (QED) is 0.446. The summed E-state index contributed by atoms with van der Waals surface area (Å²) in [6.07, 6.45) is 1.66. The summed E-state index contributed by atoms with van der Waals surface area (Å²) >= 11 is 0. The standard InChI is InChI=1S/C23H22N6O3/c1-27-21-18(20(30)24-23(27)31)28(14-6-9-15-7-4-3-5-8-15)22-26-25-19(29(21)22)16-10-12-17(32-2)13-11-16/h3-5,7-8,10-13H,6,9,14H2,1-2H3,(H,24,30,31). The Balaban J connectivity index is 1.67. The van der Waals surface area contributed by atoms with E-state index >= 15 is 0 Å². The molecular formula is C23H22N6O3. The molecule has 0 amide bonds. The Morgan fingerprint density at radius 3 is 2.47 bits per heavy atom. The normalized spacial score (nSPS) is 11.4. The molecule has 3 aromatic heterocycles. The molecule has 0 radical (unpaired) electrons. The predicted octanol–water partition coefficient (Wildman–Crippen LogP) is 2.38. The van der Waals surface area contributed by atoms with E-state index in [0.29, 0.717) is 29.3 Å². The Morgan fingerprint density at radius 1 is 1.00 bits per heavy atom. The van der Waals surface area contributed by atoms with E-state index in [1.807, 2.05) is 47.0 Å². The minimum absolute atomic E-state index is 0.403. The van der Waals surface area contributed by atoms with Gasteiger partial charge in [-0.15, -0.1) is 10.2 Å². The molecule has 3 heterocycles. The third-order valence-corrected chi connectivity index (χ3v) is 5.68. The maximum atomic E-state index is 12.8. The minimum atomic E-state index is -0.486. The number of hydrogen-bond donors (Lipinski definition) is 1. The summed E-state index contributed by atoms with van der Waals surface area (Å²) in [4.78, 5) is 27.6. The number of benzene rings is 2. The molecule has 9 nitrogen and oxygen atoms in total. The van der Waals surface area contributed by atoms with Crippen LogP contribution in [0.5, 0.6) is 5.75 Å². The van der Waals surface area contributed by atoms with Crippen LogP contribution in [-0.2, 0) is 20.0 Å². The first kappa shape index (κ1) is 19.8. The highest BCUT2D eigenvalue weighted by Crippen LogP contribution is 2.26. The Morgan fingerprint density at radius 2 is 1.75 bits per heavy atom. The maximum Gasteiger partial charge on any atom is 0.329 e. The highest BCUT2D eigenvalue weighted by atomic mass is 16.5. The molecule has 9 heteroatoms. The lowest BCUT2D eigenvalue weighted by atomic mass is 10.1. The van der Waals surface area contributed by atoms with Gasteiger partial charge in [0.15, 0.2) is 17.0 Å². The van der Waals surface area contributed by atoms with E-state index in [1.165, 1.54) is 10.1 Å². The molecule has 0 atom stereocenters. The second kappa shape index (κ2) is 7.84. The lowest BCUT2D eigenvalue weighted by molar-refractivity contribution is 0.415. The van der Waals surface area contributed by atoms with Crippen molar-refractivity contribution in [1.82, 2.24) is 28.7 Å². The van der Waals surface area contributed by atoms with Gasteiger partial charge < -0.3 is 9.30 Å². The van der Waals surface area contributed by atoms with Crippen molar-refractivity contribution in [2.75, 3.05) is 7.11 Å². The number of rotatable bonds is 6. The molecule has 2 aromatic carbocycles. The van der Waals surface area contributed by atoms with E-state index < -0.39 is 11.2 Å². The predicted molar refractivity (Wildman–Crippen MR) is 121 cm³/mol. The summed E-state index contributed by atoms with van der Waals surface area (Å²) in [6.45, 7) is 0.559. The minimum Gasteiger partial charge on any atom is -0.497 e. The van der Waals surface area contributed by atoms with Crippen LogP contribution >= 0.6 is 0 Å². The molecule has 0 unspecified atom stereocenters. The Bertz CT molecular complexity index is 1520. The van der Waals surface area contributed by atoms with E-state index in [9.17, 15) is 9.59 Å². The molecule has 0 bridgehead atoms. The molecule has 0 aliphatic heterocycles. The first-order valence-corrected chi connectivity index (χ1v) is 10.3. The van der Waals surface area contributed by atoms with E-state index in [-0.39, 0.29) is 0 Å². The van der Waals surface area contributed by atoms with Crippen LogP contribution in [0.1, 0.15) is 12.0 Å². The van der Waals surface area contributed by atoms with Gasteiger partial charge in [0.1, 0.15) is 5.75 Å². The molecule has 5 aromatic rings. The molecule has 32 heavy (non-hydrogen) atoms. The highest BCUT2D eigenvalue weighted by molar-refractivity contribution is 5.79. The van der Waals surface area contributed by atoms with Gasteiger partial charge in [-0.25, -0.2) is 9.20 Å². The van der Waals surface area contributed by atoms with Crippen LogP contribution in [0.4, 0.5) is 0 Å². The lowest BCUT2D eigenvalue weighted by Gasteiger charge is -2.05. The van der Waals surface area contributed by atoms with Crippen molar-refractivity contribution in [3.63, 3.8) is 0 Å². The van der Waals surface area contributed by atoms with Crippen LogP contribution in [0.25, 0.3) is 28.3 Å². The van der Waals surface area contributed by atoms with Gasteiger partial charge in [0.2, 0.25) is 5.78 Å². The Kier molecular flexibility index (Phi) is 4.85. The van der Waals surface area contributed by atoms with Gasteiger partial charge in [-0.05, 0) is 42.7 Å². The van der Waals surface area contributed by atoms with Gasteiger partial charge in [-0.3, -0.25) is 14.3 Å². The molecule has 0 spiro atoms. The zero-order valence-electron chi connectivity index (χ0n) is 17.8. The third kappa shape index (κ3) is 3.18. The molecule has 0 saturated carbocycles. The van der Waals surface area contributed by atoms with Crippen molar-refractivity contribution >= 4 is 16.9 Å². The fourth-order valence-corrected chi connectivity index (χ4v) is 4.07. The topological polar surface area (TPSA) is 99.2 Å². The zero-order chi connectivity index (χ0) is 22.2. The molecular weight excluding hydrogens is 408 g/mol. The first-order valence-electron chi connectivity index (χ1n) is 10.3. The second-order valence-electron chi connectivity index (χ2n) is 7.62. The third-order valence-electron chi connectivity index (χ3n) is 5.68. The first-order chi connectivity index (χ1) is 15.6. The molecule has 162 valence electrons. The summed E-state index contributed by atoms with van der Waals surface area (Å²) in [7, 11) is 3.24. The van der Waals surface area contributed by atoms with Gasteiger partial charge in [0, 0.05) is 19.2 Å². The molecule has 1 N–H and O–H groups in total. The van der Waals surface area contributed by atoms with Crippen LogP contribution in [0.3, 0.4) is 0 Å². The van der Waals surface area contributed by atoms with Crippen LogP contribution in [0, 0.1) is 0 Å². The van der Waals surface area contributed by atoms with Crippen LogP contribution < -0.4 is 16.0 Å². The van der Waals surface area contributed by atoms with E-state index in [1.54, 1.807) is 18.6 Å². The fraction of sp³-hybridized carbons (Fsp3) is 0.217. The largest absolute Gasteiger partial charge is 0.497 e. The number of nitrogens with one attached hydrogen (secondary N) is 1. The number of aromatic nitrogens is 6. The zero-order valence-corrected chi connectivity index (χ0v) is 17.8. The van der Waals surface area contributed by atoms with E-state index in [4.69, 9.17) is 4.74 Å². The Hall–Kier alpha value is -4.14. The maximum absolute atomic E-state index is 12.8. The molecule has 0 aliphatic carbocycles. The van der Waals surface area contributed by atoms with Crippen molar-refractivity contribution in [3.05, 3.63) is 81.0 Å². The monoisotopic (exact) mass is 430 g/mol. The van der Waals surface area contributed by atoms with E-state index in [2.05, 4.69) is 27.3 Å². The van der Waals surface area contributed by atoms with Gasteiger partial charge in [-0.1, -0.05) is 30.3 Å². The number of H-pyrrole nitrogens is 1. The van der Waals surface area contributed by atoms with Crippen molar-refractivity contribution in [1.29, 1.82) is 0 Å². The van der Waals surface area contributed by atoms with Crippen LogP contribution in [0.15, 0.2) is 64.2 Å². The number of nitrogens with zero attached hydrogens (tertiary/aromatic N) is 5. The molecule has 5 rings (SSSR count). The number of fused-ring (bicyclic) bond motifs is 3. The molecule has 0 fully saturated rings. The smallest absolute Gasteiger partial charge is 0.329 e. The average Bonchev–Trinajstić information content (AvgIpc) is 3.37. The van der Waals surface area contributed by atoms with Crippen LogP contribution in [0.2, 0.25) is 0 Å². The van der Waals surface area contributed by atoms with Crippen molar-refractivity contribution in [2.45, 2.75) is 19.4 Å². The van der Waals surface area contributed by atoms with E-state index in [0.717, 1.165) is 24.2 Å². The van der Waals surface area contributed by atoms with Gasteiger partial charge in [-0.2, -0.15) is 0 Å². The second-order valence-corrected chi connectivity index (χ2v) is 7.62. The van der Waals surface area contributed by atoms with Gasteiger partial charge >= 0.3 is 5.69 Å². The van der Waals surface area contributed by atoms with Gasteiger partial charge in [0.05, 0.1) is 7.11 Å². The van der Waals surface area contributed by atoms with Gasteiger partial charge in [0.25, 0.3) is 5.56 Å². The SMILES string of the molecule is COc1ccc(-c2nnc3n(CCCc4ccccc4)c4c(=O)[nH]c(=O)n(C)c4n23)cc1. The summed E-state index contributed by atoms with van der Waals surface area (Å²) < 4.78 is 10.3. The molecule has 0 saturated heterocycles. The summed E-state index contributed by atoms with van der Waals surface area (Å²) in [5.41, 5.74) is 1.97. The lowest BCUT2D eigenvalue weighted by Crippen LogP contribution is -2.29. The highest BCUT2D eigenvalue weighted by Gasteiger charge is 2.22. The average molecular weight is 430 g/mol. The summed E-state index contributed by atoms with van der Waals surface area (Å²) in [6, 6.07) is 17.6. The Labute approximate surface area is 182 Å². The summed E-state index contributed by atoms with van der Waals surface area (Å²) in [5.74, 6) is 1.79. The summed E-state index contributed by atoms with van der Waals surface area (Å²) in [5, 5.41) is 8.77. The van der Waals surface area contributed by atoms with Crippen molar-refractivity contribution in [2.24, 2.45) is 7.05 Å². The number of hydrogen-bond acceptors (Lipinski definition) is 5. The van der Waals surface area contributed by atoms with Crippen molar-refractivity contribution < 1.29 is 4.74 Å². The fourth-order valence-electron chi connectivity index (χ4n) is 4.07. The number of imidazole rings is 1. The van der Waals surface area contributed by atoms with Crippen molar-refractivity contribution in [3.8, 4) is 17.1 Å². The number of aromatic amines is 1. The number of aryl methyl sites for hydroxylation is 3. The van der Waals surface area contributed by atoms with Crippen LogP contribution in [-0.4, -0.2) is 35.8 Å². The number of methoxy groups -OCH3 is 1.